The summed E-state index contributed by atoms with van der Waals surface area (Å²) < 4.78 is 12.0. The van der Waals surface area contributed by atoms with Crippen LogP contribution in [0.15, 0.2) is 55.6 Å². The molecular formula is C30H40N2O6. The molecule has 3 aliphatic rings. The van der Waals surface area contributed by atoms with E-state index < -0.39 is 47.1 Å². The van der Waals surface area contributed by atoms with Crippen molar-refractivity contribution in [2.24, 2.45) is 11.8 Å². The Bertz CT molecular complexity index is 1070. The topological polar surface area (TPSA) is 96.4 Å². The van der Waals surface area contributed by atoms with Gasteiger partial charge in [-0.2, -0.15) is 0 Å². The zero-order valence-electron chi connectivity index (χ0n) is 22.7. The maximum Gasteiger partial charge on any atom is 0.312 e. The molecule has 38 heavy (non-hydrogen) atoms. The van der Waals surface area contributed by atoms with Crippen molar-refractivity contribution in [2.45, 2.75) is 75.8 Å². The number of benzene rings is 1. The van der Waals surface area contributed by atoms with Crippen molar-refractivity contribution in [1.82, 2.24) is 9.80 Å². The van der Waals surface area contributed by atoms with Crippen LogP contribution in [0.25, 0.3) is 0 Å². The Morgan fingerprint density at radius 1 is 1.26 bits per heavy atom. The van der Waals surface area contributed by atoms with Crippen molar-refractivity contribution < 1.29 is 29.0 Å². The van der Waals surface area contributed by atoms with E-state index in [9.17, 15) is 19.5 Å². The van der Waals surface area contributed by atoms with E-state index in [0.717, 1.165) is 5.56 Å². The van der Waals surface area contributed by atoms with Gasteiger partial charge in [-0.1, -0.05) is 42.5 Å². The summed E-state index contributed by atoms with van der Waals surface area (Å²) in [5.74, 6) is -2.71. The first-order valence-electron chi connectivity index (χ1n) is 13.5. The molecule has 206 valence electrons. The molecule has 0 aromatic heterocycles. The highest BCUT2D eigenvalue weighted by molar-refractivity contribution is 5.98. The summed E-state index contributed by atoms with van der Waals surface area (Å²) in [5, 5.41) is 10.5. The molecule has 8 nitrogen and oxygen atoms in total. The van der Waals surface area contributed by atoms with Crippen molar-refractivity contribution in [2.75, 3.05) is 19.8 Å². The van der Waals surface area contributed by atoms with Gasteiger partial charge < -0.3 is 24.4 Å². The van der Waals surface area contributed by atoms with E-state index >= 15 is 0 Å². The summed E-state index contributed by atoms with van der Waals surface area (Å²) >= 11 is 0. The highest BCUT2D eigenvalue weighted by Gasteiger charge is 2.75. The van der Waals surface area contributed by atoms with Crippen LogP contribution in [0, 0.1) is 11.8 Å². The maximum absolute atomic E-state index is 14.4. The van der Waals surface area contributed by atoms with Gasteiger partial charge in [-0.15, -0.1) is 13.2 Å². The second-order valence-electron chi connectivity index (χ2n) is 11.5. The summed E-state index contributed by atoms with van der Waals surface area (Å²) in [6.07, 6.45) is 4.76. The van der Waals surface area contributed by atoms with E-state index in [1.54, 1.807) is 17.1 Å². The monoisotopic (exact) mass is 524 g/mol. The fourth-order valence-electron chi connectivity index (χ4n) is 6.48. The fourth-order valence-corrected chi connectivity index (χ4v) is 6.48. The number of aliphatic hydroxyl groups is 1. The number of fused-ring (bicyclic) bond motifs is 1. The molecule has 6 atom stereocenters. The smallest absolute Gasteiger partial charge is 0.312 e. The average Bonchev–Trinajstić information content (AvgIpc) is 3.53. The van der Waals surface area contributed by atoms with Crippen LogP contribution in [-0.4, -0.2) is 81.8 Å². The van der Waals surface area contributed by atoms with Crippen LogP contribution >= 0.6 is 0 Å². The number of hydrogen-bond acceptors (Lipinski definition) is 6. The first-order chi connectivity index (χ1) is 18.1. The lowest BCUT2D eigenvalue weighted by molar-refractivity contribution is -0.157. The van der Waals surface area contributed by atoms with Crippen LogP contribution in [0.2, 0.25) is 0 Å². The number of hydrogen-bond donors (Lipinski definition) is 1. The number of esters is 1. The Kier molecular flexibility index (Phi) is 8.14. The van der Waals surface area contributed by atoms with Crippen LogP contribution in [-0.2, 0) is 30.3 Å². The number of aliphatic hydroxyl groups excluding tert-OH is 1. The number of amides is 2. The minimum Gasteiger partial charge on any atom is -0.465 e. The number of ether oxygens (including phenoxy) is 2. The number of likely N-dealkylation sites (tertiary alicyclic amines) is 1. The summed E-state index contributed by atoms with van der Waals surface area (Å²) in [6, 6.07) is 7.93. The molecule has 0 aliphatic carbocycles. The highest BCUT2D eigenvalue weighted by atomic mass is 16.6. The van der Waals surface area contributed by atoms with E-state index in [1.165, 1.54) is 4.90 Å². The van der Waals surface area contributed by atoms with Gasteiger partial charge in [0, 0.05) is 12.1 Å². The third kappa shape index (κ3) is 4.80. The molecule has 3 fully saturated rings. The van der Waals surface area contributed by atoms with Gasteiger partial charge in [0.05, 0.1) is 37.2 Å². The van der Waals surface area contributed by atoms with Gasteiger partial charge in [-0.3, -0.25) is 14.4 Å². The van der Waals surface area contributed by atoms with Crippen molar-refractivity contribution in [1.29, 1.82) is 0 Å². The Morgan fingerprint density at radius 2 is 1.97 bits per heavy atom. The molecule has 1 N–H and O–H groups in total. The SMILES string of the molecule is C=CCCOC(=O)[C@@H]1[C@@H]2CCC3(O2)C(C(=O)N(CC=C)C(C)(C)C)N([C@@H](CO)Cc2ccccc2)C(=O)[C@H]13. The zero-order valence-corrected chi connectivity index (χ0v) is 22.7. The van der Waals surface area contributed by atoms with E-state index in [4.69, 9.17) is 9.47 Å². The average molecular weight is 525 g/mol. The predicted molar refractivity (Wildman–Crippen MR) is 143 cm³/mol. The second kappa shape index (κ2) is 11.0. The van der Waals surface area contributed by atoms with Gasteiger partial charge in [0.15, 0.2) is 0 Å². The van der Waals surface area contributed by atoms with Crippen molar-refractivity contribution in [3.63, 3.8) is 0 Å². The van der Waals surface area contributed by atoms with Gasteiger partial charge in [-0.25, -0.2) is 0 Å². The minimum absolute atomic E-state index is 0.177. The summed E-state index contributed by atoms with van der Waals surface area (Å²) in [7, 11) is 0. The van der Waals surface area contributed by atoms with Crippen LogP contribution in [0.3, 0.4) is 0 Å². The summed E-state index contributed by atoms with van der Waals surface area (Å²) in [6.45, 7) is 13.4. The van der Waals surface area contributed by atoms with Gasteiger partial charge in [0.2, 0.25) is 11.8 Å². The standard InChI is InChI=1S/C30H40N2O6/c1-6-8-17-37-28(36)23-22-14-15-30(38-22)24(23)26(34)32(21(19-33)18-20-12-10-9-11-13-20)25(30)27(35)31(16-7-2)29(3,4)5/h6-7,9-13,21-25,33H,1-2,8,14-19H2,3-5H3/t21-,22+,23-,24+,25?,30?/m1/s1. The van der Waals surface area contributed by atoms with Gasteiger partial charge in [0.1, 0.15) is 11.6 Å². The molecule has 0 saturated carbocycles. The van der Waals surface area contributed by atoms with Crippen LogP contribution < -0.4 is 0 Å². The molecule has 3 saturated heterocycles. The van der Waals surface area contributed by atoms with E-state index in [2.05, 4.69) is 13.2 Å². The number of rotatable bonds is 11. The molecule has 1 aromatic rings. The fraction of sp³-hybridized carbons (Fsp3) is 0.567. The predicted octanol–water partition coefficient (Wildman–Crippen LogP) is 2.90. The van der Waals surface area contributed by atoms with Crippen LogP contribution in [0.5, 0.6) is 0 Å². The Balaban J connectivity index is 1.77. The Hall–Kier alpha value is -2.97. The third-order valence-corrected chi connectivity index (χ3v) is 8.12. The Morgan fingerprint density at radius 3 is 2.58 bits per heavy atom. The lowest BCUT2D eigenvalue weighted by Gasteiger charge is -2.43. The summed E-state index contributed by atoms with van der Waals surface area (Å²) in [4.78, 5) is 45.2. The van der Waals surface area contributed by atoms with Gasteiger partial charge in [0.25, 0.3) is 0 Å². The molecule has 1 spiro atoms. The third-order valence-electron chi connectivity index (χ3n) is 8.12. The molecular weight excluding hydrogens is 484 g/mol. The lowest BCUT2D eigenvalue weighted by Crippen LogP contribution is -2.61. The van der Waals surface area contributed by atoms with Gasteiger partial charge >= 0.3 is 5.97 Å². The maximum atomic E-state index is 14.4. The summed E-state index contributed by atoms with van der Waals surface area (Å²) in [5.41, 5.74) is -0.775. The zero-order chi connectivity index (χ0) is 27.7. The largest absolute Gasteiger partial charge is 0.465 e. The molecule has 4 rings (SSSR count). The molecule has 0 radical (unpaired) electrons. The first kappa shape index (κ1) is 28.0. The first-order valence-corrected chi connectivity index (χ1v) is 13.5. The Labute approximate surface area is 225 Å². The normalized spacial score (nSPS) is 28.6. The molecule has 2 bridgehead atoms. The quantitative estimate of drug-likeness (QED) is 0.272. The van der Waals surface area contributed by atoms with Crippen molar-refractivity contribution >= 4 is 17.8 Å². The minimum atomic E-state index is -1.16. The lowest BCUT2D eigenvalue weighted by atomic mass is 9.70. The number of carbonyl (C=O) groups is 3. The van der Waals surface area contributed by atoms with Crippen LogP contribution in [0.1, 0.15) is 45.6 Å². The number of nitrogens with zero attached hydrogens (tertiary/aromatic N) is 2. The number of carbonyl (C=O) groups excluding carboxylic acids is 3. The second-order valence-corrected chi connectivity index (χ2v) is 11.5. The van der Waals surface area contributed by atoms with E-state index in [0.29, 0.717) is 32.2 Å². The van der Waals surface area contributed by atoms with E-state index in [1.807, 2.05) is 51.1 Å². The van der Waals surface area contributed by atoms with Crippen molar-refractivity contribution in [3.05, 3.63) is 61.2 Å². The van der Waals surface area contributed by atoms with Crippen LogP contribution in [0.4, 0.5) is 0 Å². The molecule has 3 heterocycles. The highest BCUT2D eigenvalue weighted by Crippen LogP contribution is 2.59. The molecule has 1 aromatic carbocycles. The molecule has 2 unspecified atom stereocenters. The van der Waals surface area contributed by atoms with Crippen molar-refractivity contribution in [3.8, 4) is 0 Å². The molecule has 3 aliphatic heterocycles. The van der Waals surface area contributed by atoms with E-state index in [-0.39, 0.29) is 25.0 Å². The van der Waals surface area contributed by atoms with Gasteiger partial charge in [-0.05, 0) is 52.0 Å². The molecule has 8 heteroatoms. The molecule has 2 amide bonds.